The zero-order valence-corrected chi connectivity index (χ0v) is 10.7. The van der Waals surface area contributed by atoms with Crippen molar-refractivity contribution in [2.24, 2.45) is 17.8 Å². The SMILES string of the molecule is CNC(Cc1ccc2c(c1)OCO2)C1CC2CC21. The Labute approximate surface area is 107 Å². The molecular formula is C15H19NO2. The van der Waals surface area contributed by atoms with Gasteiger partial charge < -0.3 is 14.8 Å². The monoisotopic (exact) mass is 245 g/mol. The van der Waals surface area contributed by atoms with Crippen molar-refractivity contribution in [3.63, 3.8) is 0 Å². The highest BCUT2D eigenvalue weighted by Crippen LogP contribution is 2.61. The first-order chi connectivity index (χ1) is 8.85. The van der Waals surface area contributed by atoms with Gasteiger partial charge in [0.05, 0.1) is 0 Å². The maximum Gasteiger partial charge on any atom is 0.231 e. The highest BCUT2D eigenvalue weighted by atomic mass is 16.7. The van der Waals surface area contributed by atoms with E-state index in [1.54, 1.807) is 0 Å². The van der Waals surface area contributed by atoms with E-state index in [4.69, 9.17) is 9.47 Å². The van der Waals surface area contributed by atoms with Crippen molar-refractivity contribution in [1.29, 1.82) is 0 Å². The van der Waals surface area contributed by atoms with Gasteiger partial charge in [0, 0.05) is 6.04 Å². The average molecular weight is 245 g/mol. The van der Waals surface area contributed by atoms with E-state index in [1.807, 2.05) is 6.07 Å². The highest BCUT2D eigenvalue weighted by Gasteiger charge is 2.55. The number of benzene rings is 1. The van der Waals surface area contributed by atoms with Gasteiger partial charge in [-0.3, -0.25) is 0 Å². The normalized spacial score (nSPS) is 32.6. The van der Waals surface area contributed by atoms with Gasteiger partial charge >= 0.3 is 0 Å². The van der Waals surface area contributed by atoms with Gasteiger partial charge in [-0.05, 0) is 61.8 Å². The lowest BCUT2D eigenvalue weighted by molar-refractivity contribution is 0.174. The molecule has 2 fully saturated rings. The highest BCUT2D eigenvalue weighted by molar-refractivity contribution is 5.44. The van der Waals surface area contributed by atoms with Crippen LogP contribution in [0.3, 0.4) is 0 Å². The number of ether oxygens (including phenoxy) is 2. The fraction of sp³-hybridized carbons (Fsp3) is 0.600. The summed E-state index contributed by atoms with van der Waals surface area (Å²) in [5.41, 5.74) is 1.35. The van der Waals surface area contributed by atoms with E-state index >= 15 is 0 Å². The molecule has 1 aliphatic heterocycles. The minimum Gasteiger partial charge on any atom is -0.454 e. The Balaban J connectivity index is 1.49. The molecule has 4 rings (SSSR count). The predicted octanol–water partition coefficient (Wildman–Crippen LogP) is 2.20. The molecule has 18 heavy (non-hydrogen) atoms. The summed E-state index contributed by atoms with van der Waals surface area (Å²) in [6.45, 7) is 0.362. The third kappa shape index (κ3) is 1.61. The van der Waals surface area contributed by atoms with Crippen molar-refractivity contribution >= 4 is 0 Å². The zero-order chi connectivity index (χ0) is 12.1. The molecule has 0 amide bonds. The van der Waals surface area contributed by atoms with Crippen LogP contribution in [-0.4, -0.2) is 19.9 Å². The first-order valence-corrected chi connectivity index (χ1v) is 6.91. The van der Waals surface area contributed by atoms with Gasteiger partial charge in [0.25, 0.3) is 0 Å². The second-order valence-corrected chi connectivity index (χ2v) is 5.85. The molecule has 1 aromatic rings. The van der Waals surface area contributed by atoms with Gasteiger partial charge in [0.2, 0.25) is 6.79 Å². The van der Waals surface area contributed by atoms with Gasteiger partial charge in [0.1, 0.15) is 0 Å². The maximum atomic E-state index is 5.44. The summed E-state index contributed by atoms with van der Waals surface area (Å²) in [7, 11) is 2.09. The van der Waals surface area contributed by atoms with Gasteiger partial charge in [-0.15, -0.1) is 0 Å². The topological polar surface area (TPSA) is 30.5 Å². The largest absolute Gasteiger partial charge is 0.454 e. The van der Waals surface area contributed by atoms with E-state index in [1.165, 1.54) is 18.4 Å². The number of fused-ring (bicyclic) bond motifs is 2. The summed E-state index contributed by atoms with van der Waals surface area (Å²) in [6.07, 6.45) is 4.01. The summed E-state index contributed by atoms with van der Waals surface area (Å²) >= 11 is 0. The second kappa shape index (κ2) is 3.89. The third-order valence-electron chi connectivity index (χ3n) is 4.88. The Morgan fingerprint density at radius 2 is 2.17 bits per heavy atom. The Kier molecular flexibility index (Phi) is 2.31. The van der Waals surface area contributed by atoms with Crippen LogP contribution in [0.2, 0.25) is 0 Å². The summed E-state index contributed by atoms with van der Waals surface area (Å²) in [4.78, 5) is 0. The van der Waals surface area contributed by atoms with Crippen molar-refractivity contribution in [2.75, 3.05) is 13.8 Å². The van der Waals surface area contributed by atoms with E-state index in [0.29, 0.717) is 12.8 Å². The number of rotatable bonds is 4. The quantitative estimate of drug-likeness (QED) is 0.882. The minimum atomic E-state index is 0.362. The summed E-state index contributed by atoms with van der Waals surface area (Å²) in [5, 5.41) is 3.51. The Hall–Kier alpha value is -1.22. The van der Waals surface area contributed by atoms with Gasteiger partial charge in [-0.25, -0.2) is 0 Å². The van der Waals surface area contributed by atoms with Crippen molar-refractivity contribution < 1.29 is 9.47 Å². The molecule has 4 unspecified atom stereocenters. The Morgan fingerprint density at radius 3 is 2.89 bits per heavy atom. The van der Waals surface area contributed by atoms with Gasteiger partial charge in [0.15, 0.2) is 11.5 Å². The molecule has 3 heteroatoms. The number of hydrogen-bond donors (Lipinski definition) is 1. The molecule has 2 aliphatic carbocycles. The average Bonchev–Trinajstić information content (AvgIpc) is 2.82. The number of likely N-dealkylation sites (N-methyl/N-ethyl adjacent to an activating group) is 1. The summed E-state index contributed by atoms with van der Waals surface area (Å²) in [5.74, 6) is 4.77. The molecule has 3 aliphatic rings. The standard InChI is InChI=1S/C15H19NO2/c1-16-13(12-7-10-6-11(10)12)4-9-2-3-14-15(5-9)18-8-17-14/h2-3,5,10-13,16H,4,6-8H2,1H3. The van der Waals surface area contributed by atoms with Crippen LogP contribution in [0.25, 0.3) is 0 Å². The summed E-state index contributed by atoms with van der Waals surface area (Å²) in [6, 6.07) is 6.95. The van der Waals surface area contributed by atoms with Crippen LogP contribution < -0.4 is 14.8 Å². The molecule has 96 valence electrons. The Bertz CT molecular complexity index is 474. The van der Waals surface area contributed by atoms with Crippen molar-refractivity contribution in [2.45, 2.75) is 25.3 Å². The van der Waals surface area contributed by atoms with Crippen molar-refractivity contribution in [1.82, 2.24) is 5.32 Å². The van der Waals surface area contributed by atoms with E-state index in [-0.39, 0.29) is 0 Å². The molecule has 1 N–H and O–H groups in total. The fourth-order valence-corrected chi connectivity index (χ4v) is 3.65. The zero-order valence-electron chi connectivity index (χ0n) is 10.7. The fourth-order valence-electron chi connectivity index (χ4n) is 3.65. The van der Waals surface area contributed by atoms with E-state index in [2.05, 4.69) is 24.5 Å². The second-order valence-electron chi connectivity index (χ2n) is 5.85. The predicted molar refractivity (Wildman–Crippen MR) is 68.8 cm³/mol. The van der Waals surface area contributed by atoms with Gasteiger partial charge in [-0.1, -0.05) is 6.07 Å². The van der Waals surface area contributed by atoms with Crippen LogP contribution in [0, 0.1) is 17.8 Å². The van der Waals surface area contributed by atoms with Crippen molar-refractivity contribution in [3.8, 4) is 11.5 Å². The minimum absolute atomic E-state index is 0.362. The van der Waals surface area contributed by atoms with Crippen LogP contribution in [0.15, 0.2) is 18.2 Å². The number of nitrogens with one attached hydrogen (secondary N) is 1. The molecule has 0 aromatic heterocycles. The van der Waals surface area contributed by atoms with Gasteiger partial charge in [-0.2, -0.15) is 0 Å². The van der Waals surface area contributed by atoms with Crippen LogP contribution in [0.1, 0.15) is 18.4 Å². The van der Waals surface area contributed by atoms with Crippen LogP contribution >= 0.6 is 0 Å². The smallest absolute Gasteiger partial charge is 0.231 e. The lowest BCUT2D eigenvalue weighted by Gasteiger charge is -2.33. The summed E-state index contributed by atoms with van der Waals surface area (Å²) < 4.78 is 10.8. The van der Waals surface area contributed by atoms with Crippen LogP contribution in [-0.2, 0) is 6.42 Å². The first kappa shape index (κ1) is 10.7. The molecule has 3 nitrogen and oxygen atoms in total. The van der Waals surface area contributed by atoms with Crippen LogP contribution in [0.5, 0.6) is 11.5 Å². The van der Waals surface area contributed by atoms with E-state index in [0.717, 1.165) is 35.7 Å². The molecule has 0 radical (unpaired) electrons. The lowest BCUT2D eigenvalue weighted by Crippen LogP contribution is -2.40. The third-order valence-corrected chi connectivity index (χ3v) is 4.88. The van der Waals surface area contributed by atoms with Crippen LogP contribution in [0.4, 0.5) is 0 Å². The molecular weight excluding hydrogens is 226 g/mol. The molecule has 0 bridgehead atoms. The van der Waals surface area contributed by atoms with Crippen molar-refractivity contribution in [3.05, 3.63) is 23.8 Å². The lowest BCUT2D eigenvalue weighted by atomic mass is 9.77. The maximum absolute atomic E-state index is 5.44. The molecule has 0 saturated heterocycles. The van der Waals surface area contributed by atoms with E-state index in [9.17, 15) is 0 Å². The Morgan fingerprint density at radius 1 is 1.28 bits per heavy atom. The molecule has 2 saturated carbocycles. The molecule has 1 heterocycles. The molecule has 0 spiro atoms. The number of hydrogen-bond acceptors (Lipinski definition) is 3. The van der Waals surface area contributed by atoms with E-state index < -0.39 is 0 Å². The molecule has 4 atom stereocenters. The molecule has 1 aromatic carbocycles. The first-order valence-electron chi connectivity index (χ1n) is 6.91.